The van der Waals surface area contributed by atoms with Crippen molar-refractivity contribution in [3.8, 4) is 0 Å². The zero-order valence-electron chi connectivity index (χ0n) is 21.3. The Labute approximate surface area is 217 Å². The topological polar surface area (TPSA) is 160 Å². The molecule has 0 fully saturated rings. The molecule has 0 saturated heterocycles. The standard InChI is InChI=1S/C27H36N4O6/c1-17(2)14-22(26(35)30-21(23(32)24(28)33)15-19-10-6-4-7-11-19)31-25(34)18(3)29-27(36)37-16-20-12-8-5-9-13-20/h4-13,17-18,21-23,32H,14-16H2,1-3H3,(H2,28,33)(H,29,36)(H,30,35)(H,31,34). The second-order valence-electron chi connectivity index (χ2n) is 9.27. The number of benzene rings is 2. The molecule has 0 heterocycles. The summed E-state index contributed by atoms with van der Waals surface area (Å²) in [5.74, 6) is -2.11. The minimum atomic E-state index is -1.63. The highest BCUT2D eigenvalue weighted by molar-refractivity contribution is 5.91. The van der Waals surface area contributed by atoms with Crippen molar-refractivity contribution < 1.29 is 29.0 Å². The van der Waals surface area contributed by atoms with E-state index < -0.39 is 48.0 Å². The largest absolute Gasteiger partial charge is 0.445 e. The van der Waals surface area contributed by atoms with E-state index in [-0.39, 0.29) is 25.4 Å². The van der Waals surface area contributed by atoms with E-state index in [1.54, 1.807) is 36.4 Å². The van der Waals surface area contributed by atoms with Gasteiger partial charge in [-0.05, 0) is 36.8 Å². The van der Waals surface area contributed by atoms with E-state index >= 15 is 0 Å². The number of carbonyl (C=O) groups is 4. The molecule has 10 heteroatoms. The summed E-state index contributed by atoms with van der Waals surface area (Å²) in [6.07, 6.45) is -1.96. The van der Waals surface area contributed by atoms with Crippen LogP contribution >= 0.6 is 0 Å². The molecule has 0 saturated carbocycles. The lowest BCUT2D eigenvalue weighted by atomic mass is 9.98. The van der Waals surface area contributed by atoms with Crippen molar-refractivity contribution in [2.24, 2.45) is 11.7 Å². The van der Waals surface area contributed by atoms with E-state index in [1.165, 1.54) is 6.92 Å². The molecule has 0 bridgehead atoms. The molecular formula is C27H36N4O6. The molecule has 6 N–H and O–H groups in total. The summed E-state index contributed by atoms with van der Waals surface area (Å²) in [5.41, 5.74) is 6.87. The van der Waals surface area contributed by atoms with Crippen LogP contribution in [0, 0.1) is 5.92 Å². The number of hydrogen-bond acceptors (Lipinski definition) is 6. The Hall–Kier alpha value is -3.92. The number of alkyl carbamates (subject to hydrolysis) is 1. The lowest BCUT2D eigenvalue weighted by molar-refractivity contribution is -0.133. The summed E-state index contributed by atoms with van der Waals surface area (Å²) in [7, 11) is 0. The number of primary amides is 1. The maximum absolute atomic E-state index is 13.1. The van der Waals surface area contributed by atoms with Gasteiger partial charge < -0.3 is 31.5 Å². The van der Waals surface area contributed by atoms with Crippen LogP contribution in [0.4, 0.5) is 4.79 Å². The van der Waals surface area contributed by atoms with Crippen LogP contribution in [0.5, 0.6) is 0 Å². The van der Waals surface area contributed by atoms with E-state index in [9.17, 15) is 24.3 Å². The highest BCUT2D eigenvalue weighted by atomic mass is 16.5. The summed E-state index contributed by atoms with van der Waals surface area (Å²) in [4.78, 5) is 49.7. The quantitative estimate of drug-likeness (QED) is 0.273. The molecule has 200 valence electrons. The molecule has 4 amide bonds. The first-order chi connectivity index (χ1) is 17.6. The van der Waals surface area contributed by atoms with E-state index in [0.717, 1.165) is 11.1 Å². The number of hydrogen-bond donors (Lipinski definition) is 5. The average Bonchev–Trinajstić information content (AvgIpc) is 2.87. The first kappa shape index (κ1) is 29.3. The van der Waals surface area contributed by atoms with Crippen LogP contribution in [0.3, 0.4) is 0 Å². The second kappa shape index (κ2) is 14.6. The molecule has 0 radical (unpaired) electrons. The minimum absolute atomic E-state index is 0.0313. The van der Waals surface area contributed by atoms with Crippen LogP contribution in [-0.4, -0.2) is 53.2 Å². The van der Waals surface area contributed by atoms with Gasteiger partial charge in [-0.1, -0.05) is 74.5 Å². The predicted octanol–water partition coefficient (Wildman–Crippen LogP) is 1.41. The van der Waals surface area contributed by atoms with Crippen molar-refractivity contribution in [3.05, 3.63) is 71.8 Å². The smallest absolute Gasteiger partial charge is 0.408 e. The molecule has 2 rings (SSSR count). The zero-order valence-corrected chi connectivity index (χ0v) is 21.3. The summed E-state index contributed by atoms with van der Waals surface area (Å²) < 4.78 is 5.14. The van der Waals surface area contributed by atoms with Gasteiger partial charge in [0.2, 0.25) is 17.7 Å². The number of rotatable bonds is 13. The molecule has 4 unspecified atom stereocenters. The fourth-order valence-electron chi connectivity index (χ4n) is 3.60. The van der Waals surface area contributed by atoms with Gasteiger partial charge in [0.25, 0.3) is 0 Å². The third-order valence-corrected chi connectivity index (χ3v) is 5.58. The van der Waals surface area contributed by atoms with Gasteiger partial charge in [-0.25, -0.2) is 4.79 Å². The number of ether oxygens (including phenoxy) is 1. The van der Waals surface area contributed by atoms with Gasteiger partial charge in [0, 0.05) is 0 Å². The molecule has 4 atom stereocenters. The van der Waals surface area contributed by atoms with Crippen molar-refractivity contribution in [2.45, 2.75) is 64.4 Å². The normalized spacial score (nSPS) is 14.1. The number of nitrogens with two attached hydrogens (primary N) is 1. The Kier molecular flexibility index (Phi) is 11.6. The van der Waals surface area contributed by atoms with E-state index in [2.05, 4.69) is 16.0 Å². The summed E-state index contributed by atoms with van der Waals surface area (Å²) in [6, 6.07) is 15.1. The van der Waals surface area contributed by atoms with Crippen molar-refractivity contribution in [1.82, 2.24) is 16.0 Å². The van der Waals surface area contributed by atoms with Crippen LogP contribution in [0.1, 0.15) is 38.3 Å². The van der Waals surface area contributed by atoms with Gasteiger partial charge in [-0.15, -0.1) is 0 Å². The lowest BCUT2D eigenvalue weighted by Gasteiger charge is -2.27. The fourth-order valence-corrected chi connectivity index (χ4v) is 3.60. The number of aliphatic hydroxyl groups is 1. The van der Waals surface area contributed by atoms with Gasteiger partial charge in [-0.3, -0.25) is 14.4 Å². The first-order valence-corrected chi connectivity index (χ1v) is 12.2. The van der Waals surface area contributed by atoms with Gasteiger partial charge in [0.05, 0.1) is 6.04 Å². The van der Waals surface area contributed by atoms with Gasteiger partial charge in [-0.2, -0.15) is 0 Å². The Morgan fingerprint density at radius 2 is 1.41 bits per heavy atom. The molecule has 0 aliphatic rings. The fraction of sp³-hybridized carbons (Fsp3) is 0.407. The third kappa shape index (κ3) is 10.3. The van der Waals surface area contributed by atoms with Crippen LogP contribution in [0.25, 0.3) is 0 Å². The van der Waals surface area contributed by atoms with E-state index in [1.807, 2.05) is 38.1 Å². The predicted molar refractivity (Wildman–Crippen MR) is 138 cm³/mol. The van der Waals surface area contributed by atoms with Crippen LogP contribution in [0.15, 0.2) is 60.7 Å². The van der Waals surface area contributed by atoms with Crippen LogP contribution in [-0.2, 0) is 32.1 Å². The number of amides is 4. The highest BCUT2D eigenvalue weighted by Gasteiger charge is 2.31. The number of aliphatic hydroxyl groups excluding tert-OH is 1. The molecule has 10 nitrogen and oxygen atoms in total. The minimum Gasteiger partial charge on any atom is -0.445 e. The van der Waals surface area contributed by atoms with E-state index in [0.29, 0.717) is 0 Å². The van der Waals surface area contributed by atoms with Crippen LogP contribution < -0.4 is 21.7 Å². The monoisotopic (exact) mass is 512 g/mol. The Bertz CT molecular complexity index is 1030. The maximum atomic E-state index is 13.1. The van der Waals surface area contributed by atoms with Gasteiger partial charge in [0.1, 0.15) is 18.7 Å². The average molecular weight is 513 g/mol. The molecule has 0 aliphatic heterocycles. The maximum Gasteiger partial charge on any atom is 0.408 e. The van der Waals surface area contributed by atoms with Crippen molar-refractivity contribution in [2.75, 3.05) is 0 Å². The van der Waals surface area contributed by atoms with Crippen LogP contribution in [0.2, 0.25) is 0 Å². The molecular weight excluding hydrogens is 476 g/mol. The Morgan fingerprint density at radius 3 is 1.95 bits per heavy atom. The lowest BCUT2D eigenvalue weighted by Crippen LogP contribution is -2.57. The van der Waals surface area contributed by atoms with Crippen molar-refractivity contribution >= 4 is 23.8 Å². The summed E-state index contributed by atoms with van der Waals surface area (Å²) in [5, 5.41) is 18.1. The SMILES string of the molecule is CC(C)CC(NC(=O)C(C)NC(=O)OCc1ccccc1)C(=O)NC(Cc1ccccc1)C(O)C(N)=O. The van der Waals surface area contributed by atoms with Crippen molar-refractivity contribution in [1.29, 1.82) is 0 Å². The molecule has 0 spiro atoms. The number of nitrogens with one attached hydrogen (secondary N) is 3. The molecule has 0 aromatic heterocycles. The Morgan fingerprint density at radius 1 is 0.838 bits per heavy atom. The van der Waals surface area contributed by atoms with Crippen molar-refractivity contribution in [3.63, 3.8) is 0 Å². The first-order valence-electron chi connectivity index (χ1n) is 12.2. The highest BCUT2D eigenvalue weighted by Crippen LogP contribution is 2.10. The zero-order chi connectivity index (χ0) is 27.4. The number of carbonyl (C=O) groups excluding carboxylic acids is 4. The third-order valence-electron chi connectivity index (χ3n) is 5.58. The molecule has 0 aliphatic carbocycles. The Balaban J connectivity index is 2.01. The summed E-state index contributed by atoms with van der Waals surface area (Å²) >= 11 is 0. The van der Waals surface area contributed by atoms with Gasteiger partial charge >= 0.3 is 6.09 Å². The second-order valence-corrected chi connectivity index (χ2v) is 9.27. The van der Waals surface area contributed by atoms with E-state index in [4.69, 9.17) is 10.5 Å². The molecule has 2 aromatic carbocycles. The molecule has 37 heavy (non-hydrogen) atoms. The molecule has 2 aromatic rings. The van der Waals surface area contributed by atoms with Gasteiger partial charge in [0.15, 0.2) is 6.10 Å². The summed E-state index contributed by atoms with van der Waals surface area (Å²) in [6.45, 7) is 5.28.